The summed E-state index contributed by atoms with van der Waals surface area (Å²) in [6, 6.07) is 21.0. The van der Waals surface area contributed by atoms with E-state index < -0.39 is 30.4 Å². The number of amides is 2. The molecule has 6 nitrogen and oxygen atoms in total. The molecule has 1 unspecified atom stereocenters. The van der Waals surface area contributed by atoms with E-state index >= 15 is 0 Å². The maximum atomic E-state index is 12.6. The predicted molar refractivity (Wildman–Crippen MR) is 100 cm³/mol. The number of carbonyl (C=O) groups is 3. The van der Waals surface area contributed by atoms with Crippen molar-refractivity contribution in [1.82, 2.24) is 9.88 Å². The second-order valence-electron chi connectivity index (χ2n) is 6.28. The topological polar surface area (TPSA) is 76.6 Å². The first-order valence-corrected chi connectivity index (χ1v) is 8.76. The lowest BCUT2D eigenvalue weighted by atomic mass is 10.1. The van der Waals surface area contributed by atoms with Gasteiger partial charge >= 0.3 is 5.97 Å². The minimum atomic E-state index is -0.731. The minimum Gasteiger partial charge on any atom is -0.450 e. The SMILES string of the molecule is O=C(CN1C(=O)c2ccccc2C1=O)OC(c1ccccc1)c1ccccn1. The van der Waals surface area contributed by atoms with Crippen LogP contribution in [-0.2, 0) is 9.53 Å². The quantitative estimate of drug-likeness (QED) is 0.508. The van der Waals surface area contributed by atoms with Gasteiger partial charge in [0.25, 0.3) is 11.8 Å². The fourth-order valence-corrected chi connectivity index (χ4v) is 3.14. The molecular formula is C22H16N2O4. The van der Waals surface area contributed by atoms with Gasteiger partial charge in [0.15, 0.2) is 6.10 Å². The number of ether oxygens (including phenoxy) is 1. The molecule has 0 radical (unpaired) electrons. The Kier molecular flexibility index (Phi) is 4.68. The van der Waals surface area contributed by atoms with E-state index in [0.717, 1.165) is 10.5 Å². The van der Waals surface area contributed by atoms with Gasteiger partial charge < -0.3 is 4.74 Å². The Labute approximate surface area is 161 Å². The summed E-state index contributed by atoms with van der Waals surface area (Å²) in [6.07, 6.45) is 0.883. The van der Waals surface area contributed by atoms with Crippen LogP contribution in [0.3, 0.4) is 0 Å². The third-order valence-corrected chi connectivity index (χ3v) is 4.47. The molecule has 2 amide bonds. The van der Waals surface area contributed by atoms with Crippen LogP contribution in [0.5, 0.6) is 0 Å². The molecule has 0 spiro atoms. The standard InChI is InChI=1S/C22H16N2O4/c25-19(14-24-21(26)16-10-4-5-11-17(16)22(24)27)28-20(15-8-2-1-3-9-15)18-12-6-7-13-23-18/h1-13,20H,14H2. The Bertz CT molecular complexity index is 960. The third kappa shape index (κ3) is 3.27. The first-order valence-electron chi connectivity index (χ1n) is 8.76. The molecule has 3 aromatic rings. The summed E-state index contributed by atoms with van der Waals surface area (Å²) in [6.45, 7) is -0.456. The molecule has 138 valence electrons. The monoisotopic (exact) mass is 372 g/mol. The van der Waals surface area contributed by atoms with E-state index in [1.165, 1.54) is 0 Å². The number of aromatic nitrogens is 1. The summed E-state index contributed by atoms with van der Waals surface area (Å²) < 4.78 is 5.63. The average Bonchev–Trinajstić information content (AvgIpc) is 2.98. The summed E-state index contributed by atoms with van der Waals surface area (Å²) in [4.78, 5) is 42.7. The van der Waals surface area contributed by atoms with Crippen LogP contribution < -0.4 is 0 Å². The van der Waals surface area contributed by atoms with Crippen molar-refractivity contribution in [3.05, 3.63) is 101 Å². The van der Waals surface area contributed by atoms with Gasteiger partial charge in [0.1, 0.15) is 6.54 Å². The molecule has 4 rings (SSSR count). The molecule has 0 aliphatic carbocycles. The molecule has 0 bridgehead atoms. The van der Waals surface area contributed by atoms with E-state index in [1.54, 1.807) is 48.7 Å². The second kappa shape index (κ2) is 7.44. The Morgan fingerprint density at radius 3 is 2.07 bits per heavy atom. The van der Waals surface area contributed by atoms with Crippen molar-refractivity contribution in [3.8, 4) is 0 Å². The number of rotatable bonds is 5. The van der Waals surface area contributed by atoms with Crippen molar-refractivity contribution < 1.29 is 19.1 Å². The van der Waals surface area contributed by atoms with Crippen molar-refractivity contribution in [2.45, 2.75) is 6.10 Å². The number of fused-ring (bicyclic) bond motifs is 1. The Morgan fingerprint density at radius 2 is 1.46 bits per heavy atom. The smallest absolute Gasteiger partial charge is 0.327 e. The Hall–Kier alpha value is -3.80. The number of esters is 1. The van der Waals surface area contributed by atoms with Crippen LogP contribution in [0.2, 0.25) is 0 Å². The van der Waals surface area contributed by atoms with E-state index in [9.17, 15) is 14.4 Å². The number of hydrogen-bond donors (Lipinski definition) is 0. The highest BCUT2D eigenvalue weighted by atomic mass is 16.5. The lowest BCUT2D eigenvalue weighted by Crippen LogP contribution is -2.36. The summed E-state index contributed by atoms with van der Waals surface area (Å²) in [7, 11) is 0. The number of benzene rings is 2. The van der Waals surface area contributed by atoms with Gasteiger partial charge in [-0.3, -0.25) is 24.3 Å². The van der Waals surface area contributed by atoms with Crippen LogP contribution in [0.4, 0.5) is 0 Å². The fraction of sp³-hybridized carbons (Fsp3) is 0.0909. The van der Waals surface area contributed by atoms with Crippen LogP contribution in [-0.4, -0.2) is 34.2 Å². The zero-order chi connectivity index (χ0) is 19.5. The summed E-state index contributed by atoms with van der Waals surface area (Å²) in [5.41, 5.74) is 1.90. The number of hydrogen-bond acceptors (Lipinski definition) is 5. The fourth-order valence-electron chi connectivity index (χ4n) is 3.14. The maximum Gasteiger partial charge on any atom is 0.327 e. The lowest BCUT2D eigenvalue weighted by molar-refractivity contribution is -0.148. The van der Waals surface area contributed by atoms with E-state index in [-0.39, 0.29) is 0 Å². The van der Waals surface area contributed by atoms with E-state index in [1.807, 2.05) is 30.3 Å². The molecule has 0 saturated carbocycles. The number of nitrogens with zero attached hydrogens (tertiary/aromatic N) is 2. The average molecular weight is 372 g/mol. The highest BCUT2D eigenvalue weighted by molar-refractivity contribution is 6.22. The van der Waals surface area contributed by atoms with E-state index in [2.05, 4.69) is 4.98 Å². The lowest BCUT2D eigenvalue weighted by Gasteiger charge is -2.20. The number of pyridine rings is 1. The van der Waals surface area contributed by atoms with Crippen molar-refractivity contribution in [2.75, 3.05) is 6.54 Å². The van der Waals surface area contributed by atoms with Crippen LogP contribution in [0.1, 0.15) is 38.1 Å². The second-order valence-corrected chi connectivity index (χ2v) is 6.28. The molecule has 6 heteroatoms. The molecule has 1 aliphatic rings. The summed E-state index contributed by atoms with van der Waals surface area (Å²) in [5.74, 6) is -1.67. The van der Waals surface area contributed by atoms with Gasteiger partial charge in [-0.05, 0) is 29.8 Å². The van der Waals surface area contributed by atoms with Crippen LogP contribution >= 0.6 is 0 Å². The van der Waals surface area contributed by atoms with Crippen molar-refractivity contribution in [3.63, 3.8) is 0 Å². The third-order valence-electron chi connectivity index (χ3n) is 4.47. The van der Waals surface area contributed by atoms with Gasteiger partial charge in [-0.2, -0.15) is 0 Å². The minimum absolute atomic E-state index is 0.296. The normalized spacial score (nSPS) is 13.9. The first kappa shape index (κ1) is 17.6. The molecular weight excluding hydrogens is 356 g/mol. The molecule has 1 aliphatic heterocycles. The van der Waals surface area contributed by atoms with Gasteiger partial charge in [0.2, 0.25) is 0 Å². The van der Waals surface area contributed by atoms with Crippen LogP contribution in [0.25, 0.3) is 0 Å². The van der Waals surface area contributed by atoms with Crippen molar-refractivity contribution >= 4 is 17.8 Å². The predicted octanol–water partition coefficient (Wildman–Crippen LogP) is 3.01. The van der Waals surface area contributed by atoms with Gasteiger partial charge in [-0.15, -0.1) is 0 Å². The van der Waals surface area contributed by atoms with Gasteiger partial charge in [0.05, 0.1) is 16.8 Å². The van der Waals surface area contributed by atoms with Crippen LogP contribution in [0, 0.1) is 0 Å². The molecule has 0 saturated heterocycles. The van der Waals surface area contributed by atoms with E-state index in [0.29, 0.717) is 16.8 Å². The molecule has 0 fully saturated rings. The number of imide groups is 1. The van der Waals surface area contributed by atoms with Gasteiger partial charge in [0, 0.05) is 6.20 Å². The molecule has 2 heterocycles. The zero-order valence-electron chi connectivity index (χ0n) is 14.8. The molecule has 2 aromatic carbocycles. The van der Waals surface area contributed by atoms with Gasteiger partial charge in [-0.1, -0.05) is 48.5 Å². The molecule has 1 atom stereocenters. The Morgan fingerprint density at radius 1 is 0.857 bits per heavy atom. The first-order chi connectivity index (χ1) is 13.6. The summed E-state index contributed by atoms with van der Waals surface area (Å²) >= 11 is 0. The van der Waals surface area contributed by atoms with Crippen molar-refractivity contribution in [2.24, 2.45) is 0 Å². The highest BCUT2D eigenvalue weighted by Gasteiger charge is 2.37. The van der Waals surface area contributed by atoms with Crippen molar-refractivity contribution in [1.29, 1.82) is 0 Å². The highest BCUT2D eigenvalue weighted by Crippen LogP contribution is 2.26. The molecule has 0 N–H and O–H groups in total. The molecule has 1 aromatic heterocycles. The molecule has 28 heavy (non-hydrogen) atoms. The Balaban J connectivity index is 1.55. The number of carbonyl (C=O) groups excluding carboxylic acids is 3. The van der Waals surface area contributed by atoms with Crippen LogP contribution in [0.15, 0.2) is 79.0 Å². The van der Waals surface area contributed by atoms with Gasteiger partial charge in [-0.25, -0.2) is 0 Å². The largest absolute Gasteiger partial charge is 0.450 e. The zero-order valence-corrected chi connectivity index (χ0v) is 14.8. The maximum absolute atomic E-state index is 12.6. The van der Waals surface area contributed by atoms with E-state index in [4.69, 9.17) is 4.74 Å². The summed E-state index contributed by atoms with van der Waals surface area (Å²) in [5, 5.41) is 0.